The fourth-order valence-electron chi connectivity index (χ4n) is 4.80. The molecular weight excluding hydrogens is 779 g/mol. The van der Waals surface area contributed by atoms with E-state index < -0.39 is 39.7 Å². The van der Waals surface area contributed by atoms with Crippen molar-refractivity contribution in [3.05, 3.63) is 86.6 Å². The number of ether oxygens (including phenoxy) is 1. The Labute approximate surface area is 267 Å². The summed E-state index contributed by atoms with van der Waals surface area (Å²) in [5.41, 5.74) is 0.964. The maximum absolute atomic E-state index is 14.5. The number of hydrogen-bond acceptors (Lipinski definition) is 6. The molecule has 2 heterocycles. The summed E-state index contributed by atoms with van der Waals surface area (Å²) >= 11 is 10.4. The Hall–Kier alpha value is -3.03. The molecule has 9 nitrogen and oxygen atoms in total. The summed E-state index contributed by atoms with van der Waals surface area (Å²) in [6, 6.07) is 15.6. The molecule has 0 unspecified atom stereocenters. The lowest BCUT2D eigenvalue weighted by atomic mass is 9.90. The van der Waals surface area contributed by atoms with Gasteiger partial charge in [-0.15, -0.1) is 0 Å². The van der Waals surface area contributed by atoms with Crippen molar-refractivity contribution in [3.8, 4) is 6.07 Å². The van der Waals surface area contributed by atoms with Crippen molar-refractivity contribution < 1.29 is 23.5 Å². The number of aromatic nitrogens is 1. The zero-order chi connectivity index (χ0) is 29.3. The largest absolute Gasteiger partial charge is 0.446 e. The van der Waals surface area contributed by atoms with E-state index in [1.165, 1.54) is 23.2 Å². The van der Waals surface area contributed by atoms with Crippen molar-refractivity contribution in [3.63, 3.8) is 0 Å². The van der Waals surface area contributed by atoms with Crippen molar-refractivity contribution in [2.24, 2.45) is 0 Å². The van der Waals surface area contributed by atoms with Crippen LogP contribution in [0.1, 0.15) is 30.0 Å². The van der Waals surface area contributed by atoms with Crippen molar-refractivity contribution >= 4 is 86.2 Å². The summed E-state index contributed by atoms with van der Waals surface area (Å²) < 4.78 is 18.9. The molecule has 1 aromatic heterocycles. The van der Waals surface area contributed by atoms with E-state index in [-0.39, 0.29) is 35.9 Å². The molecule has 1 saturated heterocycles. The molecule has 1 aliphatic heterocycles. The summed E-state index contributed by atoms with van der Waals surface area (Å²) in [5.74, 6) is -1.13. The molecule has 41 heavy (non-hydrogen) atoms. The smallest absolute Gasteiger partial charge is 0.416 e. The van der Waals surface area contributed by atoms with Gasteiger partial charge in [-0.2, -0.15) is 5.26 Å². The summed E-state index contributed by atoms with van der Waals surface area (Å²) in [4.78, 5) is 47.9. The maximum atomic E-state index is 14.5. The lowest BCUT2D eigenvalue weighted by Gasteiger charge is -2.40. The molecule has 1 saturated carbocycles. The molecule has 13 heteroatoms. The average Bonchev–Trinajstić information content (AvgIpc) is 3.32. The van der Waals surface area contributed by atoms with Crippen molar-refractivity contribution in [2.45, 2.75) is 34.6 Å². The Bertz CT molecular complexity index is 1560. The van der Waals surface area contributed by atoms with Gasteiger partial charge in [-0.05, 0) is 81.6 Å². The highest BCUT2D eigenvalue weighted by molar-refractivity contribution is 14.1. The van der Waals surface area contributed by atoms with Crippen LogP contribution in [-0.2, 0) is 14.3 Å². The van der Waals surface area contributed by atoms with E-state index in [4.69, 9.17) is 16.3 Å². The number of nitrogens with one attached hydrogen (secondary N) is 1. The molecule has 5 rings (SSSR count). The summed E-state index contributed by atoms with van der Waals surface area (Å²) in [6.45, 7) is -0.310. The zero-order valence-electron chi connectivity index (χ0n) is 21.1. The Balaban J connectivity index is 1.61. The Morgan fingerprint density at radius 1 is 1.22 bits per heavy atom. The number of carbonyl (C=O) groups is 3. The molecule has 3 amide bonds. The monoisotopic (exact) mass is 799 g/mol. The Morgan fingerprint density at radius 2 is 1.98 bits per heavy atom. The Kier molecular flexibility index (Phi) is 8.67. The summed E-state index contributed by atoms with van der Waals surface area (Å²) in [5, 5.41) is 12.5. The number of anilines is 2. The number of nitrogens with zero attached hydrogens (tertiary/aromatic N) is 4. The normalized spacial score (nSPS) is 22.2. The molecule has 2 atom stereocenters. The number of halogens is 4. The SMILES string of the molecule is N#Cc1ccnc(N2C(=O)OC[C@H]2C(=O)N(c2cccc(I)c2)[C@H](C(=O)NC2CC(F)(I)C2)c2ccccc2Cl)c1. The number of hydrogen-bond donors (Lipinski definition) is 1. The fourth-order valence-corrected chi connectivity index (χ4v) is 6.63. The van der Waals surface area contributed by atoms with Gasteiger partial charge in [0.05, 0.1) is 11.6 Å². The number of carbonyl (C=O) groups excluding carboxylic acids is 3. The van der Waals surface area contributed by atoms with Gasteiger partial charge in [-0.3, -0.25) is 14.5 Å². The highest BCUT2D eigenvalue weighted by Crippen LogP contribution is 2.43. The van der Waals surface area contributed by atoms with Gasteiger partial charge in [0.1, 0.15) is 18.5 Å². The second-order valence-electron chi connectivity index (χ2n) is 9.56. The number of alkyl halides is 2. The molecule has 0 bridgehead atoms. The highest BCUT2D eigenvalue weighted by atomic mass is 127. The molecule has 2 aliphatic rings. The van der Waals surface area contributed by atoms with E-state index in [9.17, 15) is 24.0 Å². The number of pyridine rings is 1. The van der Waals surface area contributed by atoms with Gasteiger partial charge in [0.2, 0.25) is 5.91 Å². The van der Waals surface area contributed by atoms with Crippen molar-refractivity contribution in [2.75, 3.05) is 16.4 Å². The third-order valence-corrected chi connectivity index (χ3v) is 8.64. The maximum Gasteiger partial charge on any atom is 0.416 e. The van der Waals surface area contributed by atoms with Gasteiger partial charge in [-0.25, -0.2) is 19.1 Å². The first-order valence-corrected chi connectivity index (χ1v) is 14.9. The van der Waals surface area contributed by atoms with E-state index in [1.807, 2.05) is 12.1 Å². The minimum absolute atomic E-state index is 0.0574. The van der Waals surface area contributed by atoms with E-state index in [0.717, 1.165) is 8.47 Å². The lowest BCUT2D eigenvalue weighted by Crippen LogP contribution is -2.56. The van der Waals surface area contributed by atoms with E-state index in [1.54, 1.807) is 65.1 Å². The van der Waals surface area contributed by atoms with Gasteiger partial charge < -0.3 is 10.1 Å². The molecule has 3 aromatic rings. The minimum Gasteiger partial charge on any atom is -0.446 e. The van der Waals surface area contributed by atoms with Crippen LogP contribution in [0.4, 0.5) is 20.7 Å². The van der Waals surface area contributed by atoms with E-state index in [0.29, 0.717) is 11.3 Å². The highest BCUT2D eigenvalue weighted by Gasteiger charge is 2.48. The van der Waals surface area contributed by atoms with Crippen molar-refractivity contribution in [1.82, 2.24) is 10.3 Å². The number of benzene rings is 2. The van der Waals surface area contributed by atoms with Crippen LogP contribution in [-0.4, -0.2) is 45.3 Å². The quantitative estimate of drug-likeness (QED) is 0.243. The lowest BCUT2D eigenvalue weighted by molar-refractivity contribution is -0.128. The first-order valence-electron chi connectivity index (χ1n) is 12.4. The van der Waals surface area contributed by atoms with Crippen LogP contribution >= 0.6 is 56.8 Å². The third kappa shape index (κ3) is 6.26. The van der Waals surface area contributed by atoms with Crippen LogP contribution in [0.25, 0.3) is 0 Å². The van der Waals surface area contributed by atoms with Gasteiger partial charge >= 0.3 is 6.09 Å². The van der Waals surface area contributed by atoms with E-state index in [2.05, 4.69) is 32.9 Å². The number of cyclic esters (lactones) is 1. The van der Waals surface area contributed by atoms with Gasteiger partial charge in [0.15, 0.2) is 9.72 Å². The first kappa shape index (κ1) is 29.5. The van der Waals surface area contributed by atoms with E-state index >= 15 is 0 Å². The van der Waals surface area contributed by atoms with Crippen LogP contribution in [0, 0.1) is 14.9 Å². The summed E-state index contributed by atoms with van der Waals surface area (Å²) in [7, 11) is 0. The number of amides is 3. The van der Waals surface area contributed by atoms with Crippen LogP contribution in [0.2, 0.25) is 5.02 Å². The van der Waals surface area contributed by atoms with Crippen LogP contribution < -0.4 is 15.1 Å². The molecular formula is C28H21ClFI2N5O4. The van der Waals surface area contributed by atoms with Gasteiger partial charge in [0, 0.05) is 44.9 Å². The molecule has 2 fully saturated rings. The standard InChI is InChI=1S/C28H21ClFI2N5O4/c29-21-7-2-1-6-20(21)24(25(38)35-18-12-28(30,32)13-18)36(19-5-3-4-17(31)11-19)26(39)22-15-41-27(40)37(22)23-10-16(14-33)8-9-34-23/h1-11,18,22,24H,12-13,15H2,(H,35,38)/t18?,22-,24-,28?/m0/s1. The van der Waals surface area contributed by atoms with Crippen molar-refractivity contribution in [1.29, 1.82) is 5.26 Å². The molecule has 0 radical (unpaired) electrons. The number of nitriles is 1. The van der Waals surface area contributed by atoms with Gasteiger partial charge in [0.25, 0.3) is 5.91 Å². The van der Waals surface area contributed by atoms with Crippen LogP contribution in [0.3, 0.4) is 0 Å². The predicted octanol–water partition coefficient (Wildman–Crippen LogP) is 5.69. The minimum atomic E-state index is -1.41. The number of rotatable bonds is 7. The fraction of sp³-hybridized carbons (Fsp3) is 0.250. The average molecular weight is 800 g/mol. The topological polar surface area (TPSA) is 116 Å². The van der Waals surface area contributed by atoms with Crippen LogP contribution in [0.5, 0.6) is 0 Å². The molecule has 210 valence electrons. The summed E-state index contributed by atoms with van der Waals surface area (Å²) in [6.07, 6.45) is 0.800. The molecule has 1 aliphatic carbocycles. The zero-order valence-corrected chi connectivity index (χ0v) is 26.2. The van der Waals surface area contributed by atoms with Gasteiger partial charge in [-0.1, -0.05) is 35.9 Å². The second-order valence-corrected chi connectivity index (χ2v) is 13.1. The molecule has 2 aromatic carbocycles. The molecule has 0 spiro atoms. The Morgan fingerprint density at radius 3 is 2.66 bits per heavy atom. The second kappa shape index (κ2) is 12.1. The predicted molar refractivity (Wildman–Crippen MR) is 166 cm³/mol. The first-order chi connectivity index (χ1) is 19.6. The van der Waals surface area contributed by atoms with Crippen LogP contribution in [0.15, 0.2) is 66.9 Å². The molecule has 1 N–H and O–H groups in total. The third-order valence-electron chi connectivity index (χ3n) is 6.75.